The van der Waals surface area contributed by atoms with E-state index in [1.807, 2.05) is 60.7 Å². The predicted molar refractivity (Wildman–Crippen MR) is 101 cm³/mol. The predicted octanol–water partition coefficient (Wildman–Crippen LogP) is 4.73. The molecule has 4 heteroatoms. The molecule has 132 valence electrons. The first-order valence-corrected chi connectivity index (χ1v) is 8.25. The summed E-state index contributed by atoms with van der Waals surface area (Å²) in [5.41, 5.74) is 3.35. The zero-order valence-electron chi connectivity index (χ0n) is 14.8. The fourth-order valence-corrected chi connectivity index (χ4v) is 2.67. The Bertz CT molecular complexity index is 888. The Morgan fingerprint density at radius 1 is 0.885 bits per heavy atom. The third kappa shape index (κ3) is 4.03. The molecular formula is C22H20O4. The highest BCUT2D eigenvalue weighted by Gasteiger charge is 2.11. The molecule has 0 amide bonds. The van der Waals surface area contributed by atoms with Crippen molar-refractivity contribution in [2.45, 2.75) is 6.61 Å². The molecule has 0 N–H and O–H groups in total. The van der Waals surface area contributed by atoms with E-state index in [1.165, 1.54) is 7.11 Å². The lowest BCUT2D eigenvalue weighted by Gasteiger charge is -2.13. The molecule has 0 atom stereocenters. The van der Waals surface area contributed by atoms with Gasteiger partial charge in [-0.05, 0) is 35.4 Å². The van der Waals surface area contributed by atoms with Gasteiger partial charge in [-0.2, -0.15) is 0 Å². The number of hydrogen-bond donors (Lipinski definition) is 0. The second-order valence-corrected chi connectivity index (χ2v) is 5.71. The average Bonchev–Trinajstić information content (AvgIpc) is 2.72. The van der Waals surface area contributed by atoms with Crippen LogP contribution in [-0.4, -0.2) is 20.2 Å². The van der Waals surface area contributed by atoms with Crippen molar-refractivity contribution in [1.82, 2.24) is 0 Å². The smallest absolute Gasteiger partial charge is 0.337 e. The SMILES string of the molecule is COC(=O)c1cccc(-c2ccc(OCc3ccccc3)cc2OC)c1. The van der Waals surface area contributed by atoms with Crippen LogP contribution < -0.4 is 9.47 Å². The highest BCUT2D eigenvalue weighted by molar-refractivity contribution is 5.91. The monoisotopic (exact) mass is 348 g/mol. The van der Waals surface area contributed by atoms with Crippen molar-refractivity contribution in [2.24, 2.45) is 0 Å². The van der Waals surface area contributed by atoms with Crippen LogP contribution in [0, 0.1) is 0 Å². The zero-order chi connectivity index (χ0) is 18.4. The zero-order valence-corrected chi connectivity index (χ0v) is 14.8. The molecule has 0 fully saturated rings. The molecule has 26 heavy (non-hydrogen) atoms. The summed E-state index contributed by atoms with van der Waals surface area (Å²) < 4.78 is 16.2. The van der Waals surface area contributed by atoms with Gasteiger partial charge in [-0.3, -0.25) is 0 Å². The van der Waals surface area contributed by atoms with Crippen LogP contribution in [-0.2, 0) is 11.3 Å². The number of carbonyl (C=O) groups is 1. The lowest BCUT2D eigenvalue weighted by molar-refractivity contribution is 0.0601. The number of ether oxygens (including phenoxy) is 3. The molecule has 0 aliphatic heterocycles. The quantitative estimate of drug-likeness (QED) is 0.604. The molecule has 0 saturated carbocycles. The van der Waals surface area contributed by atoms with Crippen molar-refractivity contribution in [3.8, 4) is 22.6 Å². The lowest BCUT2D eigenvalue weighted by Crippen LogP contribution is -2.01. The Hall–Kier alpha value is -3.27. The van der Waals surface area contributed by atoms with Crippen LogP contribution in [0.4, 0.5) is 0 Å². The summed E-state index contributed by atoms with van der Waals surface area (Å²) in [7, 11) is 2.98. The minimum absolute atomic E-state index is 0.367. The molecule has 0 radical (unpaired) electrons. The summed E-state index contributed by atoms with van der Waals surface area (Å²) in [6, 6.07) is 22.9. The molecule has 0 spiro atoms. The van der Waals surface area contributed by atoms with E-state index in [4.69, 9.17) is 14.2 Å². The highest BCUT2D eigenvalue weighted by atomic mass is 16.5. The molecule has 0 aliphatic carbocycles. The fourth-order valence-electron chi connectivity index (χ4n) is 2.67. The van der Waals surface area contributed by atoms with Crippen molar-refractivity contribution in [3.05, 3.63) is 83.9 Å². The van der Waals surface area contributed by atoms with Gasteiger partial charge in [-0.25, -0.2) is 4.79 Å². The van der Waals surface area contributed by atoms with Gasteiger partial charge in [0.2, 0.25) is 0 Å². The normalized spacial score (nSPS) is 10.2. The minimum atomic E-state index is -0.367. The van der Waals surface area contributed by atoms with Crippen LogP contribution in [0.2, 0.25) is 0 Å². The summed E-state index contributed by atoms with van der Waals surface area (Å²) in [4.78, 5) is 11.8. The fraction of sp³-hybridized carbons (Fsp3) is 0.136. The van der Waals surface area contributed by atoms with Gasteiger partial charge in [0.1, 0.15) is 18.1 Å². The van der Waals surface area contributed by atoms with Crippen molar-refractivity contribution < 1.29 is 19.0 Å². The molecule has 0 aromatic heterocycles. The van der Waals surface area contributed by atoms with Crippen LogP contribution >= 0.6 is 0 Å². The third-order valence-corrected chi connectivity index (χ3v) is 4.02. The molecule has 0 unspecified atom stereocenters. The second kappa shape index (κ2) is 8.21. The summed E-state index contributed by atoms with van der Waals surface area (Å²) in [6.07, 6.45) is 0. The summed E-state index contributed by atoms with van der Waals surface area (Å²) in [5, 5.41) is 0. The van der Waals surface area contributed by atoms with E-state index < -0.39 is 0 Å². The van der Waals surface area contributed by atoms with E-state index >= 15 is 0 Å². The maximum Gasteiger partial charge on any atom is 0.337 e. The van der Waals surface area contributed by atoms with Gasteiger partial charge in [0.15, 0.2) is 0 Å². The largest absolute Gasteiger partial charge is 0.496 e. The Morgan fingerprint density at radius 2 is 1.69 bits per heavy atom. The van der Waals surface area contributed by atoms with Crippen molar-refractivity contribution in [2.75, 3.05) is 14.2 Å². The Morgan fingerprint density at radius 3 is 2.42 bits per heavy atom. The maximum atomic E-state index is 11.8. The summed E-state index contributed by atoms with van der Waals surface area (Å²) in [6.45, 7) is 0.487. The van der Waals surface area contributed by atoms with Crippen LogP contribution in [0.25, 0.3) is 11.1 Å². The standard InChI is InChI=1S/C22H20O4/c1-24-21-14-19(26-15-16-7-4-3-5-8-16)11-12-20(21)17-9-6-10-18(13-17)22(23)25-2/h3-14H,15H2,1-2H3. The molecule has 0 heterocycles. The third-order valence-electron chi connectivity index (χ3n) is 4.02. The van der Waals surface area contributed by atoms with Gasteiger partial charge in [0, 0.05) is 11.6 Å². The van der Waals surface area contributed by atoms with Crippen molar-refractivity contribution in [1.29, 1.82) is 0 Å². The van der Waals surface area contributed by atoms with Gasteiger partial charge < -0.3 is 14.2 Å². The molecule has 0 bridgehead atoms. The molecule has 0 aliphatic rings. The first-order chi connectivity index (χ1) is 12.7. The topological polar surface area (TPSA) is 44.8 Å². The van der Waals surface area contributed by atoms with E-state index in [-0.39, 0.29) is 5.97 Å². The lowest BCUT2D eigenvalue weighted by atomic mass is 10.0. The Kier molecular flexibility index (Phi) is 5.54. The van der Waals surface area contributed by atoms with E-state index in [0.717, 1.165) is 22.4 Å². The van der Waals surface area contributed by atoms with Crippen LogP contribution in [0.3, 0.4) is 0 Å². The number of benzene rings is 3. The number of rotatable bonds is 6. The highest BCUT2D eigenvalue weighted by Crippen LogP contribution is 2.34. The van der Waals surface area contributed by atoms with Crippen molar-refractivity contribution in [3.63, 3.8) is 0 Å². The first-order valence-electron chi connectivity index (χ1n) is 8.25. The van der Waals surface area contributed by atoms with Gasteiger partial charge in [-0.15, -0.1) is 0 Å². The second-order valence-electron chi connectivity index (χ2n) is 5.71. The van der Waals surface area contributed by atoms with Gasteiger partial charge in [0.25, 0.3) is 0 Å². The molecule has 4 nitrogen and oxygen atoms in total. The van der Waals surface area contributed by atoms with E-state index in [1.54, 1.807) is 19.2 Å². The number of methoxy groups -OCH3 is 2. The van der Waals surface area contributed by atoms with Crippen molar-refractivity contribution >= 4 is 5.97 Å². The Labute approximate surface area is 153 Å². The number of carbonyl (C=O) groups excluding carboxylic acids is 1. The maximum absolute atomic E-state index is 11.8. The van der Waals surface area contributed by atoms with E-state index in [0.29, 0.717) is 17.9 Å². The van der Waals surface area contributed by atoms with Crippen LogP contribution in [0.15, 0.2) is 72.8 Å². The number of hydrogen-bond acceptors (Lipinski definition) is 4. The van der Waals surface area contributed by atoms with E-state index in [2.05, 4.69) is 0 Å². The average molecular weight is 348 g/mol. The van der Waals surface area contributed by atoms with Crippen LogP contribution in [0.5, 0.6) is 11.5 Å². The van der Waals surface area contributed by atoms with Gasteiger partial charge in [0.05, 0.1) is 19.8 Å². The summed E-state index contributed by atoms with van der Waals surface area (Å²) in [5.74, 6) is 1.03. The molecule has 0 saturated heterocycles. The summed E-state index contributed by atoms with van der Waals surface area (Å²) >= 11 is 0. The van der Waals surface area contributed by atoms with Crippen LogP contribution in [0.1, 0.15) is 15.9 Å². The van der Waals surface area contributed by atoms with Gasteiger partial charge >= 0.3 is 5.97 Å². The molecule has 3 aromatic rings. The molecule has 3 rings (SSSR count). The minimum Gasteiger partial charge on any atom is -0.496 e. The first kappa shape index (κ1) is 17.5. The molecule has 3 aromatic carbocycles. The Balaban J connectivity index is 1.84. The van der Waals surface area contributed by atoms with E-state index in [9.17, 15) is 4.79 Å². The molecular weight excluding hydrogens is 328 g/mol. The van der Waals surface area contributed by atoms with Gasteiger partial charge in [-0.1, -0.05) is 42.5 Å². The number of esters is 1.